The molecule has 0 unspecified atom stereocenters. The Morgan fingerprint density at radius 1 is 1.53 bits per heavy atom. The van der Waals surface area contributed by atoms with Crippen molar-refractivity contribution < 1.29 is 14.6 Å². The van der Waals surface area contributed by atoms with E-state index in [0.717, 1.165) is 10.0 Å². The quantitative estimate of drug-likeness (QED) is 0.796. The van der Waals surface area contributed by atoms with Crippen molar-refractivity contribution in [3.63, 3.8) is 0 Å². The second-order valence-corrected chi connectivity index (χ2v) is 4.21. The molecule has 1 N–H and O–H groups in total. The molecular formula is C11H9BrO3. The van der Waals surface area contributed by atoms with Crippen LogP contribution in [0.15, 0.2) is 28.2 Å². The number of fused-ring (bicyclic) bond motifs is 1. The van der Waals surface area contributed by atoms with Crippen LogP contribution >= 0.6 is 15.9 Å². The highest BCUT2D eigenvalue weighted by Gasteiger charge is 2.26. The number of methoxy groups -OCH3 is 1. The highest BCUT2D eigenvalue weighted by Crippen LogP contribution is 2.33. The van der Waals surface area contributed by atoms with E-state index in [-0.39, 0.29) is 5.76 Å². The number of halogens is 1. The lowest BCUT2D eigenvalue weighted by Gasteiger charge is -1.99. The Balaban J connectivity index is 2.47. The van der Waals surface area contributed by atoms with Gasteiger partial charge in [0.1, 0.15) is 5.76 Å². The van der Waals surface area contributed by atoms with Crippen molar-refractivity contribution in [1.29, 1.82) is 0 Å². The number of aliphatic hydroxyl groups excluding tert-OH is 1. The molecule has 1 aromatic carbocycles. The van der Waals surface area contributed by atoms with Crippen molar-refractivity contribution in [2.75, 3.05) is 7.11 Å². The first kappa shape index (κ1) is 10.2. The van der Waals surface area contributed by atoms with Gasteiger partial charge in [0.05, 0.1) is 12.7 Å². The summed E-state index contributed by atoms with van der Waals surface area (Å²) in [5.41, 5.74) is 1.96. The lowest BCUT2D eigenvalue weighted by Crippen LogP contribution is -2.05. The van der Waals surface area contributed by atoms with Gasteiger partial charge in [0.25, 0.3) is 0 Å². The fourth-order valence-electron chi connectivity index (χ4n) is 1.65. The zero-order valence-corrected chi connectivity index (χ0v) is 9.67. The van der Waals surface area contributed by atoms with E-state index in [1.54, 1.807) is 6.07 Å². The van der Waals surface area contributed by atoms with Crippen molar-refractivity contribution in [2.24, 2.45) is 0 Å². The highest BCUT2D eigenvalue weighted by atomic mass is 79.9. The zero-order valence-electron chi connectivity index (χ0n) is 8.08. The summed E-state index contributed by atoms with van der Waals surface area (Å²) in [6.07, 6.45) is 0.432. The lowest BCUT2D eigenvalue weighted by atomic mass is 10.1. The van der Waals surface area contributed by atoms with E-state index in [0.29, 0.717) is 17.6 Å². The third-order valence-corrected chi connectivity index (χ3v) is 2.91. The number of benzene rings is 1. The van der Waals surface area contributed by atoms with Gasteiger partial charge < -0.3 is 9.84 Å². The van der Waals surface area contributed by atoms with E-state index >= 15 is 0 Å². The van der Waals surface area contributed by atoms with Crippen LogP contribution in [0, 0.1) is 0 Å². The molecule has 3 nitrogen and oxygen atoms in total. The van der Waals surface area contributed by atoms with Crippen LogP contribution in [-0.4, -0.2) is 18.2 Å². The second-order valence-electron chi connectivity index (χ2n) is 3.30. The first-order chi connectivity index (χ1) is 7.13. The molecule has 1 aliphatic rings. The summed E-state index contributed by atoms with van der Waals surface area (Å²) in [6, 6.07) is 5.55. The highest BCUT2D eigenvalue weighted by molar-refractivity contribution is 9.10. The Morgan fingerprint density at radius 3 is 2.93 bits per heavy atom. The minimum absolute atomic E-state index is 0.0261. The first-order valence-electron chi connectivity index (χ1n) is 4.42. The number of carbonyl (C=O) groups excluding carboxylic acids is 1. The maximum absolute atomic E-state index is 11.3. The molecule has 0 atom stereocenters. The number of ether oxygens (including phenoxy) is 1. The summed E-state index contributed by atoms with van der Waals surface area (Å²) in [6.45, 7) is 0. The Kier molecular flexibility index (Phi) is 2.52. The first-order valence-corrected chi connectivity index (χ1v) is 5.22. The summed E-state index contributed by atoms with van der Waals surface area (Å²) < 4.78 is 5.47. The molecular weight excluding hydrogens is 260 g/mol. The van der Waals surface area contributed by atoms with Crippen LogP contribution in [0.3, 0.4) is 0 Å². The Morgan fingerprint density at radius 2 is 2.27 bits per heavy atom. The number of rotatable bonds is 1. The number of carbonyl (C=O) groups is 1. The van der Waals surface area contributed by atoms with Gasteiger partial charge in [0.2, 0.25) is 0 Å². The van der Waals surface area contributed by atoms with E-state index < -0.39 is 5.97 Å². The van der Waals surface area contributed by atoms with Gasteiger partial charge in [-0.2, -0.15) is 0 Å². The van der Waals surface area contributed by atoms with Crippen LogP contribution in [0.2, 0.25) is 0 Å². The summed E-state index contributed by atoms with van der Waals surface area (Å²) in [4.78, 5) is 11.3. The minimum Gasteiger partial charge on any atom is -0.507 e. The minimum atomic E-state index is -0.472. The number of aliphatic hydroxyl groups is 1. The predicted octanol–water partition coefficient (Wildman–Crippen LogP) is 2.45. The fraction of sp³-hybridized carbons (Fsp3) is 0.182. The average molecular weight is 269 g/mol. The van der Waals surface area contributed by atoms with E-state index in [2.05, 4.69) is 20.7 Å². The molecule has 0 heterocycles. The van der Waals surface area contributed by atoms with Gasteiger partial charge in [0, 0.05) is 16.5 Å². The van der Waals surface area contributed by atoms with E-state index in [1.807, 2.05) is 12.1 Å². The van der Waals surface area contributed by atoms with Crippen LogP contribution in [0.25, 0.3) is 5.76 Å². The van der Waals surface area contributed by atoms with Gasteiger partial charge in [-0.15, -0.1) is 0 Å². The summed E-state index contributed by atoms with van der Waals surface area (Å²) in [5.74, 6) is -0.446. The van der Waals surface area contributed by atoms with E-state index in [9.17, 15) is 9.90 Å². The predicted molar refractivity (Wildman–Crippen MR) is 59.4 cm³/mol. The van der Waals surface area contributed by atoms with Crippen molar-refractivity contribution in [1.82, 2.24) is 0 Å². The maximum Gasteiger partial charge on any atom is 0.337 e. The number of esters is 1. The number of hydrogen-bond acceptors (Lipinski definition) is 3. The van der Waals surface area contributed by atoms with Gasteiger partial charge in [-0.05, 0) is 17.7 Å². The molecule has 0 aromatic heterocycles. The molecule has 0 bridgehead atoms. The molecule has 1 aromatic rings. The summed E-state index contributed by atoms with van der Waals surface area (Å²) in [7, 11) is 1.31. The van der Waals surface area contributed by atoms with Gasteiger partial charge in [0.15, 0.2) is 0 Å². The number of hydrogen-bond donors (Lipinski definition) is 1. The molecule has 0 fully saturated rings. The van der Waals surface area contributed by atoms with Crippen molar-refractivity contribution in [3.8, 4) is 0 Å². The van der Waals surface area contributed by atoms with Crippen LogP contribution in [0.1, 0.15) is 11.1 Å². The maximum atomic E-state index is 11.3. The van der Waals surface area contributed by atoms with Gasteiger partial charge in [-0.25, -0.2) is 4.79 Å². The van der Waals surface area contributed by atoms with Gasteiger partial charge in [-0.1, -0.05) is 22.0 Å². The summed E-state index contributed by atoms with van der Waals surface area (Å²) >= 11 is 3.32. The standard InChI is InChI=1S/C11H9BrO3/c1-15-11(14)9-4-6-2-3-7(12)5-8(6)10(9)13/h2-3,5,13H,4H2,1H3. The third-order valence-electron chi connectivity index (χ3n) is 2.41. The van der Waals surface area contributed by atoms with Crippen molar-refractivity contribution in [3.05, 3.63) is 39.4 Å². The normalized spacial score (nSPS) is 14.0. The monoisotopic (exact) mass is 268 g/mol. The smallest absolute Gasteiger partial charge is 0.337 e. The largest absolute Gasteiger partial charge is 0.507 e. The van der Waals surface area contributed by atoms with Gasteiger partial charge >= 0.3 is 5.97 Å². The van der Waals surface area contributed by atoms with Crippen LogP contribution < -0.4 is 0 Å². The van der Waals surface area contributed by atoms with E-state index in [1.165, 1.54) is 7.11 Å². The average Bonchev–Trinajstić information content (AvgIpc) is 2.55. The third kappa shape index (κ3) is 1.65. The molecule has 0 spiro atoms. The lowest BCUT2D eigenvalue weighted by molar-refractivity contribution is -0.136. The topological polar surface area (TPSA) is 46.5 Å². The molecule has 0 aliphatic heterocycles. The zero-order chi connectivity index (χ0) is 11.0. The molecule has 0 saturated heterocycles. The fourth-order valence-corrected chi connectivity index (χ4v) is 2.01. The Hall–Kier alpha value is -1.29. The Labute approximate surface area is 95.5 Å². The molecule has 0 saturated carbocycles. The van der Waals surface area contributed by atoms with Crippen molar-refractivity contribution in [2.45, 2.75) is 6.42 Å². The second kappa shape index (κ2) is 3.70. The molecule has 15 heavy (non-hydrogen) atoms. The molecule has 78 valence electrons. The summed E-state index contributed by atoms with van der Waals surface area (Å²) in [5, 5.41) is 9.83. The van der Waals surface area contributed by atoms with Gasteiger partial charge in [-0.3, -0.25) is 0 Å². The van der Waals surface area contributed by atoms with Crippen LogP contribution in [0.4, 0.5) is 0 Å². The van der Waals surface area contributed by atoms with Crippen molar-refractivity contribution >= 4 is 27.7 Å². The van der Waals surface area contributed by atoms with Crippen LogP contribution in [0.5, 0.6) is 0 Å². The molecule has 1 aliphatic carbocycles. The molecule has 2 rings (SSSR count). The molecule has 0 amide bonds. The van der Waals surface area contributed by atoms with Crippen LogP contribution in [-0.2, 0) is 16.0 Å². The van der Waals surface area contributed by atoms with E-state index in [4.69, 9.17) is 0 Å². The Bertz CT molecular complexity index is 463. The molecule has 0 radical (unpaired) electrons. The SMILES string of the molecule is COC(=O)C1=C(O)c2cc(Br)ccc2C1. The molecule has 4 heteroatoms.